The maximum atomic E-state index is 13.2. The number of hydrogen-bond donors (Lipinski definition) is 3. The van der Waals surface area contributed by atoms with Gasteiger partial charge < -0.3 is 15.3 Å². The molecule has 2 heterocycles. The summed E-state index contributed by atoms with van der Waals surface area (Å²) in [6, 6.07) is 12.2. The number of nitrogens with zero attached hydrogens (tertiary/aromatic N) is 7. The van der Waals surface area contributed by atoms with Crippen molar-refractivity contribution in [3.8, 4) is 16.8 Å². The smallest absolute Gasteiger partial charge is 0.409 e. The van der Waals surface area contributed by atoms with Crippen LogP contribution in [0.1, 0.15) is 37.6 Å². The summed E-state index contributed by atoms with van der Waals surface area (Å²) in [6.07, 6.45) is 2.99. The molecule has 0 saturated carbocycles. The number of carboxylic acid groups (broad SMARTS) is 1. The van der Waals surface area contributed by atoms with Crippen LogP contribution in [0.4, 0.5) is 10.5 Å². The second kappa shape index (κ2) is 13.9. The number of rotatable bonds is 10. The van der Waals surface area contributed by atoms with Gasteiger partial charge in [-0.05, 0) is 72.3 Å². The molecule has 2 aromatic carbocycles. The number of anilines is 1. The van der Waals surface area contributed by atoms with Crippen molar-refractivity contribution in [2.75, 3.05) is 12.4 Å². The van der Waals surface area contributed by atoms with Crippen molar-refractivity contribution in [3.05, 3.63) is 82.4 Å². The molecule has 1 unspecified atom stereocenters. The van der Waals surface area contributed by atoms with Gasteiger partial charge in [-0.2, -0.15) is 9.78 Å². The number of tetrazole rings is 1. The number of nitrogens with one attached hydrogen (secondary N) is 2. The molecule has 3 amide bonds. The number of carbonyl (C=O) groups excluding carboxylic acids is 2. The van der Waals surface area contributed by atoms with Gasteiger partial charge in [0.2, 0.25) is 11.8 Å². The van der Waals surface area contributed by atoms with Crippen LogP contribution in [0.25, 0.3) is 22.9 Å². The van der Waals surface area contributed by atoms with Gasteiger partial charge in [0, 0.05) is 41.0 Å². The maximum Gasteiger partial charge on any atom is 0.409 e. The van der Waals surface area contributed by atoms with Crippen molar-refractivity contribution in [2.24, 2.45) is 0 Å². The van der Waals surface area contributed by atoms with E-state index in [2.05, 4.69) is 36.4 Å². The summed E-state index contributed by atoms with van der Waals surface area (Å²) in [5, 5.41) is 34.0. The molecule has 0 spiro atoms. The highest BCUT2D eigenvalue weighted by Gasteiger charge is 2.24. The predicted octanol–water partition coefficient (Wildman–Crippen LogP) is 4.64. The third-order valence-corrected chi connectivity index (χ3v) is 6.95. The summed E-state index contributed by atoms with van der Waals surface area (Å²) in [5.41, 5.74) is 2.97. The van der Waals surface area contributed by atoms with Crippen LogP contribution in [0.2, 0.25) is 10.2 Å². The molecule has 0 bridgehead atoms. The summed E-state index contributed by atoms with van der Waals surface area (Å²) in [6.45, 7) is 3.76. The lowest BCUT2D eigenvalue weighted by atomic mass is 10.0. The Labute approximate surface area is 256 Å². The van der Waals surface area contributed by atoms with Crippen molar-refractivity contribution in [1.29, 1.82) is 0 Å². The Morgan fingerprint density at radius 1 is 1.07 bits per heavy atom. The second-order valence-corrected chi connectivity index (χ2v) is 10.4. The van der Waals surface area contributed by atoms with Gasteiger partial charge in [0.15, 0.2) is 5.15 Å². The van der Waals surface area contributed by atoms with Crippen LogP contribution < -0.4 is 10.6 Å². The van der Waals surface area contributed by atoms with Gasteiger partial charge in [-0.15, -0.1) is 10.2 Å². The second-order valence-electron chi connectivity index (χ2n) is 9.64. The van der Waals surface area contributed by atoms with Crippen molar-refractivity contribution in [1.82, 2.24) is 40.6 Å². The molecule has 13 nitrogen and oxygen atoms in total. The quantitative estimate of drug-likeness (QED) is 0.213. The summed E-state index contributed by atoms with van der Waals surface area (Å²) in [7, 11) is 1.68. The number of hydrogen-bond acceptors (Lipinski definition) is 8. The normalized spacial score (nSPS) is 11.9. The summed E-state index contributed by atoms with van der Waals surface area (Å²) >= 11 is 12.6. The molecule has 1 atom stereocenters. The van der Waals surface area contributed by atoms with E-state index in [0.717, 1.165) is 0 Å². The zero-order valence-corrected chi connectivity index (χ0v) is 24.8. The number of benzene rings is 2. The molecule has 4 rings (SSSR count). The number of amides is 3. The van der Waals surface area contributed by atoms with E-state index >= 15 is 0 Å². The highest BCUT2D eigenvalue weighted by molar-refractivity contribution is 6.32. The van der Waals surface area contributed by atoms with Crippen molar-refractivity contribution >= 4 is 52.9 Å². The fourth-order valence-electron chi connectivity index (χ4n) is 3.98. The van der Waals surface area contributed by atoms with E-state index in [1.54, 1.807) is 66.6 Å². The summed E-state index contributed by atoms with van der Waals surface area (Å²) in [4.78, 5) is 38.8. The minimum Gasteiger partial charge on any atom is -0.465 e. The van der Waals surface area contributed by atoms with Crippen LogP contribution in [0, 0.1) is 0 Å². The average molecular weight is 624 g/mol. The third kappa shape index (κ3) is 8.11. The van der Waals surface area contributed by atoms with E-state index < -0.39 is 18.0 Å². The van der Waals surface area contributed by atoms with Gasteiger partial charge in [0.05, 0.1) is 23.8 Å². The zero-order chi connectivity index (χ0) is 31.1. The SMILES string of the molecule is CC(C)N(C)C(=O)CC(NC(=O)C=Cc1cc(Cl)ccc1-n1cnnn1)c1cc(-c2ccc(NC(=O)O)cc2)c(Cl)nn1. The minimum absolute atomic E-state index is 0.0685. The largest absolute Gasteiger partial charge is 0.465 e. The lowest BCUT2D eigenvalue weighted by Gasteiger charge is -2.25. The Morgan fingerprint density at radius 2 is 1.81 bits per heavy atom. The zero-order valence-electron chi connectivity index (χ0n) is 23.3. The van der Waals surface area contributed by atoms with Gasteiger partial charge in [-0.3, -0.25) is 14.9 Å². The molecular formula is C28H27Cl2N9O4. The van der Waals surface area contributed by atoms with E-state index in [-0.39, 0.29) is 23.5 Å². The molecule has 0 radical (unpaired) electrons. The van der Waals surface area contributed by atoms with Crippen molar-refractivity contribution < 1.29 is 19.5 Å². The van der Waals surface area contributed by atoms with E-state index in [4.69, 9.17) is 28.3 Å². The van der Waals surface area contributed by atoms with Crippen molar-refractivity contribution in [3.63, 3.8) is 0 Å². The molecule has 3 N–H and O–H groups in total. The highest BCUT2D eigenvalue weighted by atomic mass is 35.5. The van der Waals surface area contributed by atoms with Crippen LogP contribution in [-0.4, -0.2) is 71.4 Å². The molecule has 15 heteroatoms. The van der Waals surface area contributed by atoms with Crippen LogP contribution in [0.3, 0.4) is 0 Å². The lowest BCUT2D eigenvalue weighted by molar-refractivity contribution is -0.132. The van der Waals surface area contributed by atoms with Gasteiger partial charge in [0.25, 0.3) is 0 Å². The number of carbonyl (C=O) groups is 3. The van der Waals surface area contributed by atoms with Crippen LogP contribution in [0.5, 0.6) is 0 Å². The minimum atomic E-state index is -1.19. The van der Waals surface area contributed by atoms with E-state index in [9.17, 15) is 14.4 Å². The number of aromatic nitrogens is 6. The standard InChI is InChI=1S/C28H27Cl2N9O4/c1-16(2)38(3)26(41)14-22(23-13-21(27(30)35-34-23)17-4-8-20(9-5-17)32-28(42)43)33-25(40)11-6-18-12-19(29)7-10-24(18)39-15-31-36-37-39/h4-13,15-16,22,32H,14H2,1-3H3,(H,33,40)(H,42,43). The topological polar surface area (TPSA) is 168 Å². The molecule has 0 aliphatic heterocycles. The Balaban J connectivity index is 1.63. The van der Waals surface area contributed by atoms with Gasteiger partial charge >= 0.3 is 6.09 Å². The molecule has 0 aliphatic rings. The maximum absolute atomic E-state index is 13.2. The molecule has 0 aliphatic carbocycles. The number of halogens is 2. The first-order chi connectivity index (χ1) is 20.5. The van der Waals surface area contributed by atoms with Crippen molar-refractivity contribution in [2.45, 2.75) is 32.4 Å². The summed E-state index contributed by atoms with van der Waals surface area (Å²) < 4.78 is 1.44. The van der Waals surface area contributed by atoms with E-state index in [1.165, 1.54) is 17.1 Å². The first-order valence-corrected chi connectivity index (χ1v) is 13.7. The molecule has 4 aromatic rings. The molecule has 0 saturated heterocycles. The van der Waals surface area contributed by atoms with Gasteiger partial charge in [0.1, 0.15) is 6.33 Å². The van der Waals surface area contributed by atoms with E-state index in [1.807, 2.05) is 13.8 Å². The monoisotopic (exact) mass is 623 g/mol. The lowest BCUT2D eigenvalue weighted by Crippen LogP contribution is -2.37. The van der Waals surface area contributed by atoms with Crippen LogP contribution in [-0.2, 0) is 9.59 Å². The average Bonchev–Trinajstić information content (AvgIpc) is 3.50. The fraction of sp³-hybridized carbons (Fsp3) is 0.214. The van der Waals surface area contributed by atoms with Crippen LogP contribution in [0.15, 0.2) is 60.9 Å². The molecule has 0 fully saturated rings. The fourth-order valence-corrected chi connectivity index (χ4v) is 4.36. The first-order valence-electron chi connectivity index (χ1n) is 12.9. The first kappa shape index (κ1) is 31.1. The molecule has 43 heavy (non-hydrogen) atoms. The van der Waals surface area contributed by atoms with Gasteiger partial charge in [-0.1, -0.05) is 35.3 Å². The van der Waals surface area contributed by atoms with Crippen LogP contribution >= 0.6 is 23.2 Å². The molecule has 2 aromatic heterocycles. The Kier molecular flexibility index (Phi) is 10.0. The van der Waals surface area contributed by atoms with E-state index in [0.29, 0.717) is 38.8 Å². The summed E-state index contributed by atoms with van der Waals surface area (Å²) in [5.74, 6) is -0.725. The molecular weight excluding hydrogens is 597 g/mol. The third-order valence-electron chi connectivity index (χ3n) is 6.43. The Hall–Kier alpha value is -4.88. The van der Waals surface area contributed by atoms with Gasteiger partial charge in [-0.25, -0.2) is 4.79 Å². The Bertz CT molecular complexity index is 1640. The predicted molar refractivity (Wildman–Crippen MR) is 161 cm³/mol. The molecule has 222 valence electrons. The Morgan fingerprint density at radius 3 is 2.47 bits per heavy atom. The highest BCUT2D eigenvalue weighted by Crippen LogP contribution is 2.30.